The van der Waals surface area contributed by atoms with Crippen molar-refractivity contribution in [1.82, 2.24) is 26.6 Å². The molecule has 0 aromatic heterocycles. The van der Waals surface area contributed by atoms with E-state index in [9.17, 15) is 28.8 Å². The zero-order chi connectivity index (χ0) is 33.5. The van der Waals surface area contributed by atoms with Crippen LogP contribution < -0.4 is 26.6 Å². The van der Waals surface area contributed by atoms with E-state index in [1.807, 2.05) is 0 Å². The number of aliphatic carboxylic acids is 1. The summed E-state index contributed by atoms with van der Waals surface area (Å²) < 4.78 is 15.6. The molecule has 15 nitrogen and oxygen atoms in total. The molecule has 0 spiro atoms. The summed E-state index contributed by atoms with van der Waals surface area (Å²) in [5, 5.41) is 21.8. The summed E-state index contributed by atoms with van der Waals surface area (Å²) >= 11 is 0. The molecule has 0 bridgehead atoms. The van der Waals surface area contributed by atoms with Crippen LogP contribution in [0.15, 0.2) is 0 Å². The molecule has 0 atom stereocenters. The van der Waals surface area contributed by atoms with Gasteiger partial charge in [0.05, 0.1) is 6.42 Å². The van der Waals surface area contributed by atoms with Gasteiger partial charge in [0.1, 0.15) is 28.9 Å². The molecular weight excluding hydrogens is 566 g/mol. The van der Waals surface area contributed by atoms with E-state index in [4.69, 9.17) is 19.3 Å². The van der Waals surface area contributed by atoms with Crippen molar-refractivity contribution >= 4 is 36.1 Å². The number of amides is 5. The summed E-state index contributed by atoms with van der Waals surface area (Å²) in [6.07, 6.45) is -2.03. The quantitative estimate of drug-likeness (QED) is 0.117. The highest BCUT2D eigenvalue weighted by Crippen LogP contribution is 2.21. The van der Waals surface area contributed by atoms with Crippen molar-refractivity contribution in [2.24, 2.45) is 0 Å². The maximum absolute atomic E-state index is 13.5. The largest absolute Gasteiger partial charge is 0.481 e. The topological polar surface area (TPSA) is 210 Å². The van der Waals surface area contributed by atoms with Crippen LogP contribution in [-0.2, 0) is 28.6 Å². The van der Waals surface area contributed by atoms with Crippen LogP contribution >= 0.6 is 0 Å². The summed E-state index contributed by atoms with van der Waals surface area (Å²) in [5.41, 5.74) is -3.81. The van der Waals surface area contributed by atoms with Crippen LogP contribution in [0.3, 0.4) is 0 Å². The molecule has 0 aliphatic carbocycles. The number of carbonyl (C=O) groups is 6. The molecule has 0 aromatic rings. The molecule has 0 rings (SSSR count). The number of carboxylic acid groups (broad SMARTS) is 1. The molecule has 248 valence electrons. The highest BCUT2D eigenvalue weighted by Gasteiger charge is 2.39. The first-order chi connectivity index (χ1) is 19.5. The minimum atomic E-state index is -1.59. The standard InChI is InChI=1S/C28H51N5O10/c1-25(2,3)41-22(38)30-15-10-13-28(21(37)29-17-12-20(35)36,14-11-16-31-23(39)42-26(4,5)6)33-19(34)18-32-24(40)43-27(7,8)9/h10-18H2,1-9H3,(H,29,37)(H,30,38)(H,31,39)(H,32,40)(H,33,34)(H,35,36). The number of hydrogen-bond acceptors (Lipinski definition) is 9. The molecule has 0 saturated carbocycles. The lowest BCUT2D eigenvalue weighted by Crippen LogP contribution is -2.61. The van der Waals surface area contributed by atoms with Crippen molar-refractivity contribution in [2.45, 2.75) is 117 Å². The fourth-order valence-corrected chi connectivity index (χ4v) is 3.55. The summed E-state index contributed by atoms with van der Waals surface area (Å²) in [6, 6.07) is 0. The van der Waals surface area contributed by atoms with Crippen LogP contribution in [0.2, 0.25) is 0 Å². The fourth-order valence-electron chi connectivity index (χ4n) is 3.55. The third kappa shape index (κ3) is 20.7. The van der Waals surface area contributed by atoms with E-state index in [0.717, 1.165) is 0 Å². The Morgan fingerprint density at radius 3 is 1.35 bits per heavy atom. The van der Waals surface area contributed by atoms with Crippen molar-refractivity contribution in [3.8, 4) is 0 Å². The number of alkyl carbamates (subject to hydrolysis) is 3. The number of rotatable bonds is 15. The number of hydrogen-bond donors (Lipinski definition) is 6. The van der Waals surface area contributed by atoms with Crippen molar-refractivity contribution in [1.29, 1.82) is 0 Å². The zero-order valence-corrected chi connectivity index (χ0v) is 27.0. The Kier molecular flexibility index (Phi) is 15.8. The van der Waals surface area contributed by atoms with E-state index in [2.05, 4.69) is 26.6 Å². The molecule has 15 heteroatoms. The molecule has 43 heavy (non-hydrogen) atoms. The van der Waals surface area contributed by atoms with Gasteiger partial charge in [-0.2, -0.15) is 0 Å². The predicted octanol–water partition coefficient (Wildman–Crippen LogP) is 2.57. The Morgan fingerprint density at radius 2 is 0.977 bits per heavy atom. The highest BCUT2D eigenvalue weighted by atomic mass is 16.6. The zero-order valence-electron chi connectivity index (χ0n) is 27.0. The molecular formula is C28H51N5O10. The van der Waals surface area contributed by atoms with Gasteiger partial charge in [-0.1, -0.05) is 0 Å². The first kappa shape index (κ1) is 39.2. The maximum atomic E-state index is 13.5. The van der Waals surface area contributed by atoms with Gasteiger partial charge < -0.3 is 45.9 Å². The summed E-state index contributed by atoms with van der Waals surface area (Å²) in [5.74, 6) is -2.49. The molecule has 0 radical (unpaired) electrons. The lowest BCUT2D eigenvalue weighted by Gasteiger charge is -2.34. The average molecular weight is 618 g/mol. The molecule has 0 aliphatic heterocycles. The lowest BCUT2D eigenvalue weighted by molar-refractivity contribution is -0.137. The molecule has 0 aromatic carbocycles. The minimum absolute atomic E-state index is 0.0202. The Labute approximate surface area is 253 Å². The minimum Gasteiger partial charge on any atom is -0.481 e. The molecule has 0 aliphatic rings. The molecule has 6 N–H and O–H groups in total. The Hall–Kier alpha value is -3.78. The Morgan fingerprint density at radius 1 is 0.581 bits per heavy atom. The van der Waals surface area contributed by atoms with Gasteiger partial charge in [-0.25, -0.2) is 14.4 Å². The van der Waals surface area contributed by atoms with Gasteiger partial charge in [-0.05, 0) is 88.0 Å². The van der Waals surface area contributed by atoms with E-state index in [0.29, 0.717) is 0 Å². The van der Waals surface area contributed by atoms with Crippen LogP contribution in [0.25, 0.3) is 0 Å². The van der Waals surface area contributed by atoms with Crippen LogP contribution in [-0.4, -0.2) is 89.7 Å². The van der Waals surface area contributed by atoms with Crippen molar-refractivity contribution < 1.29 is 48.1 Å². The Bertz CT molecular complexity index is 928. The third-order valence-corrected chi connectivity index (χ3v) is 5.13. The van der Waals surface area contributed by atoms with Crippen LogP contribution in [0.1, 0.15) is 94.4 Å². The van der Waals surface area contributed by atoms with Gasteiger partial charge in [0.15, 0.2) is 0 Å². The van der Waals surface area contributed by atoms with Gasteiger partial charge in [-0.3, -0.25) is 14.4 Å². The van der Waals surface area contributed by atoms with Crippen LogP contribution in [0, 0.1) is 0 Å². The fraction of sp³-hybridized carbons (Fsp3) is 0.786. The average Bonchev–Trinajstić information content (AvgIpc) is 2.79. The first-order valence-electron chi connectivity index (χ1n) is 14.3. The maximum Gasteiger partial charge on any atom is 0.408 e. The summed E-state index contributed by atoms with van der Waals surface area (Å²) in [4.78, 5) is 73.7. The number of carboxylic acids is 1. The van der Waals surface area contributed by atoms with Gasteiger partial charge in [0.2, 0.25) is 11.8 Å². The van der Waals surface area contributed by atoms with Crippen LogP contribution in [0.5, 0.6) is 0 Å². The Balaban J connectivity index is 5.79. The van der Waals surface area contributed by atoms with E-state index >= 15 is 0 Å². The second-order valence-electron chi connectivity index (χ2n) is 12.9. The van der Waals surface area contributed by atoms with Crippen molar-refractivity contribution in [3.05, 3.63) is 0 Å². The lowest BCUT2D eigenvalue weighted by atomic mass is 9.86. The van der Waals surface area contributed by atoms with E-state index < -0.39 is 65.0 Å². The second kappa shape index (κ2) is 17.4. The highest BCUT2D eigenvalue weighted by molar-refractivity contribution is 5.93. The van der Waals surface area contributed by atoms with Crippen molar-refractivity contribution in [3.63, 3.8) is 0 Å². The van der Waals surface area contributed by atoms with E-state index in [1.54, 1.807) is 62.3 Å². The second-order valence-corrected chi connectivity index (χ2v) is 12.9. The first-order valence-corrected chi connectivity index (χ1v) is 14.3. The molecule has 0 fully saturated rings. The molecule has 0 heterocycles. The summed E-state index contributed by atoms with van der Waals surface area (Å²) in [7, 11) is 0. The van der Waals surface area contributed by atoms with Gasteiger partial charge >= 0.3 is 24.2 Å². The van der Waals surface area contributed by atoms with Crippen LogP contribution in [0.4, 0.5) is 14.4 Å². The van der Waals surface area contributed by atoms with Gasteiger partial charge in [0, 0.05) is 19.6 Å². The monoisotopic (exact) mass is 617 g/mol. The number of carbonyl (C=O) groups excluding carboxylic acids is 5. The van der Waals surface area contributed by atoms with Gasteiger partial charge in [0.25, 0.3) is 0 Å². The number of ether oxygens (including phenoxy) is 3. The molecule has 5 amide bonds. The van der Waals surface area contributed by atoms with E-state index in [1.165, 1.54) is 0 Å². The van der Waals surface area contributed by atoms with Crippen molar-refractivity contribution in [2.75, 3.05) is 26.2 Å². The number of nitrogens with one attached hydrogen (secondary N) is 5. The molecule has 0 saturated heterocycles. The van der Waals surface area contributed by atoms with Gasteiger partial charge in [-0.15, -0.1) is 0 Å². The SMILES string of the molecule is CC(C)(C)OC(=O)NCCCC(CCCNC(=O)OC(C)(C)C)(NC(=O)CNC(=O)OC(C)(C)C)C(=O)NCCC(=O)O. The predicted molar refractivity (Wildman–Crippen MR) is 157 cm³/mol. The third-order valence-electron chi connectivity index (χ3n) is 5.13. The smallest absolute Gasteiger partial charge is 0.408 e. The molecule has 0 unspecified atom stereocenters. The summed E-state index contributed by atoms with van der Waals surface area (Å²) in [6.45, 7) is 14.8. The van der Waals surface area contributed by atoms with E-state index in [-0.39, 0.29) is 51.7 Å². The normalized spacial score (nSPS) is 11.9.